The van der Waals surface area contributed by atoms with E-state index >= 15 is 0 Å². The smallest absolute Gasteiger partial charge is 0.262 e. The molecule has 2 aromatic rings. The van der Waals surface area contributed by atoms with E-state index in [1.54, 1.807) is 18.2 Å². The Labute approximate surface area is 194 Å². The lowest BCUT2D eigenvalue weighted by Crippen LogP contribution is -2.32. The summed E-state index contributed by atoms with van der Waals surface area (Å²) in [5.74, 6) is 0.714. The predicted molar refractivity (Wildman–Crippen MR) is 125 cm³/mol. The van der Waals surface area contributed by atoms with Crippen molar-refractivity contribution in [2.45, 2.75) is 39.8 Å². The molecule has 7 heteroatoms. The molecular formula is C23H24Br2N2O3. The van der Waals surface area contributed by atoms with Gasteiger partial charge in [0, 0.05) is 10.5 Å². The van der Waals surface area contributed by atoms with Gasteiger partial charge in [0.15, 0.2) is 11.5 Å². The second-order valence-corrected chi connectivity index (χ2v) is 8.40. The molecule has 1 atom stereocenters. The first kappa shape index (κ1) is 24.0. The van der Waals surface area contributed by atoms with Crippen molar-refractivity contribution < 1.29 is 14.3 Å². The number of nitrogens with zero attached hydrogens (tertiary/aromatic N) is 1. The molecule has 2 rings (SSSR count). The second-order valence-electron chi connectivity index (χ2n) is 6.63. The topological polar surface area (TPSA) is 71.3 Å². The Kier molecular flexibility index (Phi) is 9.41. The van der Waals surface area contributed by atoms with Crippen LogP contribution >= 0.6 is 31.9 Å². The lowest BCUT2D eigenvalue weighted by atomic mass is 10.1. The molecule has 0 aliphatic heterocycles. The number of rotatable bonds is 9. The summed E-state index contributed by atoms with van der Waals surface area (Å²) in [6.45, 7) is 6.58. The molecule has 0 aliphatic carbocycles. The lowest BCUT2D eigenvalue weighted by Gasteiger charge is -2.15. The largest absolute Gasteiger partial charge is 0.490 e. The van der Waals surface area contributed by atoms with Crippen LogP contribution in [0.2, 0.25) is 0 Å². The molecule has 0 bridgehead atoms. The first-order chi connectivity index (χ1) is 14.4. The summed E-state index contributed by atoms with van der Waals surface area (Å²) in [5.41, 5.74) is 1.72. The fourth-order valence-corrected chi connectivity index (χ4v) is 3.37. The first-order valence-corrected chi connectivity index (χ1v) is 11.2. The number of benzene rings is 2. The van der Waals surface area contributed by atoms with Gasteiger partial charge in [-0.15, -0.1) is 0 Å². The van der Waals surface area contributed by atoms with E-state index < -0.39 is 5.91 Å². The van der Waals surface area contributed by atoms with Gasteiger partial charge in [-0.2, -0.15) is 5.26 Å². The summed E-state index contributed by atoms with van der Waals surface area (Å²) in [7, 11) is 0. The van der Waals surface area contributed by atoms with Gasteiger partial charge in [0.25, 0.3) is 5.91 Å². The number of nitriles is 1. The summed E-state index contributed by atoms with van der Waals surface area (Å²) in [6.07, 6.45) is 2.33. The minimum Gasteiger partial charge on any atom is -0.490 e. The number of hydrogen-bond acceptors (Lipinski definition) is 4. The molecule has 1 amide bonds. The molecule has 0 spiro atoms. The minimum absolute atomic E-state index is 0.00522. The second kappa shape index (κ2) is 11.8. The molecule has 5 nitrogen and oxygen atoms in total. The highest BCUT2D eigenvalue weighted by molar-refractivity contribution is 9.10. The Morgan fingerprint density at radius 1 is 1.20 bits per heavy atom. The van der Waals surface area contributed by atoms with E-state index in [-0.39, 0.29) is 11.6 Å². The van der Waals surface area contributed by atoms with Gasteiger partial charge in [-0.1, -0.05) is 35.0 Å². The maximum absolute atomic E-state index is 12.3. The first-order valence-electron chi connectivity index (χ1n) is 9.64. The van der Waals surface area contributed by atoms with E-state index in [1.807, 2.05) is 51.1 Å². The van der Waals surface area contributed by atoms with E-state index in [0.29, 0.717) is 34.7 Å². The number of hydrogen-bond donors (Lipinski definition) is 1. The Morgan fingerprint density at radius 2 is 1.90 bits per heavy atom. The normalized spacial score (nSPS) is 12.1. The lowest BCUT2D eigenvalue weighted by molar-refractivity contribution is -0.117. The molecular weight excluding hydrogens is 512 g/mol. The van der Waals surface area contributed by atoms with E-state index in [1.165, 1.54) is 0 Å². The predicted octanol–water partition coefficient (Wildman–Crippen LogP) is 6.01. The summed E-state index contributed by atoms with van der Waals surface area (Å²) in [6, 6.07) is 13.4. The minimum atomic E-state index is -0.392. The number of carbonyl (C=O) groups is 1. The van der Waals surface area contributed by atoms with E-state index in [0.717, 1.165) is 16.5 Å². The third-order valence-corrected chi connectivity index (χ3v) is 5.41. The van der Waals surface area contributed by atoms with Gasteiger partial charge >= 0.3 is 0 Å². The summed E-state index contributed by atoms with van der Waals surface area (Å²) in [4.78, 5) is 12.3. The van der Waals surface area contributed by atoms with Gasteiger partial charge in [-0.05, 0) is 77.7 Å². The van der Waals surface area contributed by atoms with Crippen LogP contribution in [-0.2, 0) is 11.4 Å². The van der Waals surface area contributed by atoms with E-state index in [4.69, 9.17) is 9.47 Å². The average Bonchev–Trinajstić information content (AvgIpc) is 2.72. The molecule has 1 N–H and O–H groups in total. The third-order valence-electron chi connectivity index (χ3n) is 4.29. The molecule has 158 valence electrons. The van der Waals surface area contributed by atoms with Crippen LogP contribution in [0.15, 0.2) is 50.9 Å². The van der Waals surface area contributed by atoms with Gasteiger partial charge in [-0.25, -0.2) is 0 Å². The zero-order valence-corrected chi connectivity index (χ0v) is 20.3. The van der Waals surface area contributed by atoms with Crippen molar-refractivity contribution in [3.05, 3.63) is 62.0 Å². The van der Waals surface area contributed by atoms with Crippen molar-refractivity contribution in [1.82, 2.24) is 5.32 Å². The zero-order chi connectivity index (χ0) is 22.1. The molecule has 0 heterocycles. The van der Waals surface area contributed by atoms with Gasteiger partial charge in [0.2, 0.25) is 0 Å². The maximum Gasteiger partial charge on any atom is 0.262 e. The number of amides is 1. The maximum atomic E-state index is 12.3. The van der Waals surface area contributed by atoms with Crippen molar-refractivity contribution in [3.8, 4) is 17.6 Å². The standard InChI is InChI=1S/C23H24Br2N2O3/c1-4-15(3)27-23(28)18(13-26)10-17-11-20(25)22(21(12-17)29-5-2)30-14-16-6-8-19(24)9-7-16/h6-12,15H,4-5,14H2,1-3H3,(H,27,28)/b18-10+/t15-/m1/s1. The highest BCUT2D eigenvalue weighted by Crippen LogP contribution is 2.38. The Balaban J connectivity index is 2.29. The fourth-order valence-electron chi connectivity index (χ4n) is 2.53. The Hall–Kier alpha value is -2.30. The zero-order valence-electron chi connectivity index (χ0n) is 17.2. The molecule has 0 unspecified atom stereocenters. The van der Waals surface area contributed by atoms with Crippen LogP contribution in [0.1, 0.15) is 38.3 Å². The van der Waals surface area contributed by atoms with Crippen LogP contribution < -0.4 is 14.8 Å². The van der Waals surface area contributed by atoms with Crippen LogP contribution in [0.4, 0.5) is 0 Å². The van der Waals surface area contributed by atoms with Gasteiger partial charge in [0.05, 0.1) is 11.1 Å². The highest BCUT2D eigenvalue weighted by Gasteiger charge is 2.15. The molecule has 0 saturated carbocycles. The van der Waals surface area contributed by atoms with Crippen LogP contribution in [-0.4, -0.2) is 18.6 Å². The molecule has 0 saturated heterocycles. The number of halogens is 2. The monoisotopic (exact) mass is 534 g/mol. The van der Waals surface area contributed by atoms with Crippen LogP contribution in [0.3, 0.4) is 0 Å². The SMILES string of the molecule is CCOc1cc(/C=C(\C#N)C(=O)N[C@H](C)CC)cc(Br)c1OCc1ccc(Br)cc1. The van der Waals surface area contributed by atoms with Crippen LogP contribution in [0.25, 0.3) is 6.08 Å². The summed E-state index contributed by atoms with van der Waals surface area (Å²) < 4.78 is 13.4. The van der Waals surface area contributed by atoms with Crippen molar-refractivity contribution >= 4 is 43.8 Å². The van der Waals surface area contributed by atoms with Gasteiger partial charge in [-0.3, -0.25) is 4.79 Å². The van der Waals surface area contributed by atoms with E-state index in [9.17, 15) is 10.1 Å². The molecule has 2 aromatic carbocycles. The van der Waals surface area contributed by atoms with Crippen molar-refractivity contribution in [1.29, 1.82) is 5.26 Å². The number of nitrogens with one attached hydrogen (secondary N) is 1. The summed E-state index contributed by atoms with van der Waals surface area (Å²) >= 11 is 6.95. The highest BCUT2D eigenvalue weighted by atomic mass is 79.9. The molecule has 0 aliphatic rings. The molecule has 0 aromatic heterocycles. The molecule has 0 radical (unpaired) electrons. The average molecular weight is 536 g/mol. The Morgan fingerprint density at radius 3 is 2.50 bits per heavy atom. The van der Waals surface area contributed by atoms with Crippen molar-refractivity contribution in [2.75, 3.05) is 6.61 Å². The molecule has 30 heavy (non-hydrogen) atoms. The number of ether oxygens (including phenoxy) is 2. The quantitative estimate of drug-likeness (QED) is 0.315. The summed E-state index contributed by atoms with van der Waals surface area (Å²) in [5, 5.41) is 12.2. The van der Waals surface area contributed by atoms with E-state index in [2.05, 4.69) is 37.2 Å². The van der Waals surface area contributed by atoms with Crippen molar-refractivity contribution in [2.24, 2.45) is 0 Å². The van der Waals surface area contributed by atoms with Crippen LogP contribution in [0, 0.1) is 11.3 Å². The number of carbonyl (C=O) groups excluding carboxylic acids is 1. The third kappa shape index (κ3) is 6.89. The van der Waals surface area contributed by atoms with Crippen LogP contribution in [0.5, 0.6) is 11.5 Å². The molecule has 0 fully saturated rings. The van der Waals surface area contributed by atoms with Gasteiger partial charge in [0.1, 0.15) is 18.2 Å². The van der Waals surface area contributed by atoms with Crippen molar-refractivity contribution in [3.63, 3.8) is 0 Å². The Bertz CT molecular complexity index is 950. The van der Waals surface area contributed by atoms with Gasteiger partial charge < -0.3 is 14.8 Å². The fraction of sp³-hybridized carbons (Fsp3) is 0.304.